The van der Waals surface area contributed by atoms with E-state index in [1.165, 1.54) is 29.4 Å². The van der Waals surface area contributed by atoms with Crippen LogP contribution in [0.15, 0.2) is 27.4 Å². The Morgan fingerprint density at radius 3 is 3.00 bits per heavy atom. The van der Waals surface area contributed by atoms with E-state index >= 15 is 0 Å². The zero-order valence-electron chi connectivity index (χ0n) is 9.01. The van der Waals surface area contributed by atoms with Gasteiger partial charge in [0.15, 0.2) is 10.6 Å². The quantitative estimate of drug-likeness (QED) is 0.799. The van der Waals surface area contributed by atoms with Crippen molar-refractivity contribution in [3.63, 3.8) is 0 Å². The number of aromatic nitrogens is 2. The summed E-state index contributed by atoms with van der Waals surface area (Å²) in [7, 11) is 0. The molecule has 0 saturated carbocycles. The van der Waals surface area contributed by atoms with E-state index < -0.39 is 5.82 Å². The van der Waals surface area contributed by atoms with Crippen LogP contribution in [0, 0.1) is 5.82 Å². The Balaban J connectivity index is 2.29. The molecular weight excluding hydrogens is 259 g/mol. The van der Waals surface area contributed by atoms with E-state index in [1.54, 1.807) is 12.1 Å². The van der Waals surface area contributed by atoms with Gasteiger partial charge in [0.25, 0.3) is 0 Å². The molecule has 88 valence electrons. The van der Waals surface area contributed by atoms with Gasteiger partial charge in [0.2, 0.25) is 0 Å². The second-order valence-corrected chi connectivity index (χ2v) is 5.24. The maximum Gasteiger partial charge on any atom is 0.174 e. The van der Waals surface area contributed by atoms with Crippen molar-refractivity contribution >= 4 is 29.6 Å². The van der Waals surface area contributed by atoms with Crippen molar-refractivity contribution < 1.29 is 9.18 Å². The minimum absolute atomic E-state index is 0.0748. The first kappa shape index (κ1) is 12.2. The van der Waals surface area contributed by atoms with Crippen LogP contribution >= 0.6 is 23.3 Å². The average Bonchev–Trinajstić information content (AvgIpc) is 2.77. The van der Waals surface area contributed by atoms with Gasteiger partial charge in [0, 0.05) is 11.3 Å². The number of halogens is 1. The molecule has 3 nitrogen and oxygen atoms in total. The lowest BCUT2D eigenvalue weighted by Crippen LogP contribution is -1.90. The lowest BCUT2D eigenvalue weighted by atomic mass is 10.2. The van der Waals surface area contributed by atoms with Crippen LogP contribution in [-0.4, -0.2) is 15.6 Å². The van der Waals surface area contributed by atoms with Crippen molar-refractivity contribution in [3.8, 4) is 0 Å². The molecule has 0 fully saturated rings. The van der Waals surface area contributed by atoms with Crippen molar-refractivity contribution in [3.05, 3.63) is 35.4 Å². The minimum Gasteiger partial charge on any atom is -0.298 e. The zero-order chi connectivity index (χ0) is 12.3. The summed E-state index contributed by atoms with van der Waals surface area (Å²) >= 11 is 2.52. The van der Waals surface area contributed by atoms with E-state index in [1.807, 2.05) is 6.92 Å². The van der Waals surface area contributed by atoms with Crippen LogP contribution in [0.3, 0.4) is 0 Å². The molecule has 2 aromatic rings. The standard InChI is InChI=1S/C11H9FN2OS2/c1-2-10-13-11(17-14-10)16-9-5-3-4-8(12)7(9)6-15/h3-6H,2H2,1H3. The van der Waals surface area contributed by atoms with E-state index in [0.717, 1.165) is 16.6 Å². The monoisotopic (exact) mass is 268 g/mol. The maximum absolute atomic E-state index is 13.3. The van der Waals surface area contributed by atoms with Crippen LogP contribution in [-0.2, 0) is 6.42 Å². The third-order valence-electron chi connectivity index (χ3n) is 2.09. The van der Waals surface area contributed by atoms with E-state index in [0.29, 0.717) is 11.2 Å². The molecule has 0 N–H and O–H groups in total. The zero-order valence-corrected chi connectivity index (χ0v) is 10.6. The SMILES string of the molecule is CCc1nsc(Sc2cccc(F)c2C=O)n1. The molecule has 2 rings (SSSR count). The van der Waals surface area contributed by atoms with Gasteiger partial charge in [-0.3, -0.25) is 4.79 Å². The molecule has 0 bridgehead atoms. The van der Waals surface area contributed by atoms with Crippen LogP contribution in [0.1, 0.15) is 23.1 Å². The highest BCUT2D eigenvalue weighted by molar-refractivity contribution is 8.01. The molecule has 1 aromatic carbocycles. The van der Waals surface area contributed by atoms with Crippen molar-refractivity contribution in [2.75, 3.05) is 0 Å². The number of carbonyl (C=O) groups excluding carboxylic acids is 1. The molecule has 0 saturated heterocycles. The van der Waals surface area contributed by atoms with E-state index in [4.69, 9.17) is 0 Å². The summed E-state index contributed by atoms with van der Waals surface area (Å²) in [5, 5.41) is 0. The fourth-order valence-electron chi connectivity index (χ4n) is 1.24. The van der Waals surface area contributed by atoms with E-state index in [9.17, 15) is 9.18 Å². The molecule has 0 aliphatic carbocycles. The average molecular weight is 268 g/mol. The lowest BCUT2D eigenvalue weighted by Gasteiger charge is -2.01. The third kappa shape index (κ3) is 2.70. The van der Waals surface area contributed by atoms with Gasteiger partial charge in [-0.1, -0.05) is 24.8 Å². The number of hydrogen-bond donors (Lipinski definition) is 0. The van der Waals surface area contributed by atoms with Gasteiger partial charge >= 0.3 is 0 Å². The summed E-state index contributed by atoms with van der Waals surface area (Å²) in [6.07, 6.45) is 1.29. The van der Waals surface area contributed by atoms with Gasteiger partial charge in [-0.15, -0.1) is 0 Å². The molecule has 0 spiro atoms. The van der Waals surface area contributed by atoms with Gasteiger partial charge in [-0.2, -0.15) is 4.37 Å². The van der Waals surface area contributed by atoms with Crippen LogP contribution in [0.4, 0.5) is 4.39 Å². The first-order chi connectivity index (χ1) is 8.24. The highest BCUT2D eigenvalue weighted by Gasteiger charge is 2.11. The first-order valence-corrected chi connectivity index (χ1v) is 6.57. The maximum atomic E-state index is 13.3. The molecule has 0 amide bonds. The van der Waals surface area contributed by atoms with Crippen molar-refractivity contribution in [2.24, 2.45) is 0 Å². The lowest BCUT2D eigenvalue weighted by molar-refractivity contribution is 0.111. The van der Waals surface area contributed by atoms with Gasteiger partial charge in [-0.25, -0.2) is 9.37 Å². The number of aryl methyl sites for hydroxylation is 1. The van der Waals surface area contributed by atoms with Crippen molar-refractivity contribution in [1.82, 2.24) is 9.36 Å². The predicted octanol–water partition coefficient (Wildman–Crippen LogP) is 3.20. The Kier molecular flexibility index (Phi) is 3.86. The topological polar surface area (TPSA) is 42.9 Å². The first-order valence-electron chi connectivity index (χ1n) is 4.98. The van der Waals surface area contributed by atoms with Crippen LogP contribution < -0.4 is 0 Å². The summed E-state index contributed by atoms with van der Waals surface area (Å²) in [4.78, 5) is 15.6. The number of aldehydes is 1. The highest BCUT2D eigenvalue weighted by atomic mass is 32.2. The molecular formula is C11H9FN2OS2. The number of nitrogens with zero attached hydrogens (tertiary/aromatic N) is 2. The molecule has 0 radical (unpaired) electrons. The summed E-state index contributed by atoms with van der Waals surface area (Å²) in [6.45, 7) is 1.97. The van der Waals surface area contributed by atoms with Gasteiger partial charge in [0.05, 0.1) is 5.56 Å². The summed E-state index contributed by atoms with van der Waals surface area (Å²) in [5.74, 6) is 0.256. The summed E-state index contributed by atoms with van der Waals surface area (Å²) in [5.41, 5.74) is 0.0748. The summed E-state index contributed by atoms with van der Waals surface area (Å²) < 4.78 is 18.2. The largest absolute Gasteiger partial charge is 0.298 e. The molecule has 1 heterocycles. The minimum atomic E-state index is -0.509. The fourth-order valence-corrected chi connectivity index (χ4v) is 3.01. The molecule has 0 aliphatic heterocycles. The predicted molar refractivity (Wildman–Crippen MR) is 65.2 cm³/mol. The van der Waals surface area contributed by atoms with E-state index in [2.05, 4.69) is 9.36 Å². The summed E-state index contributed by atoms with van der Waals surface area (Å²) in [6, 6.07) is 4.54. The Labute approximate surface area is 106 Å². The molecule has 0 unspecified atom stereocenters. The normalized spacial score (nSPS) is 10.5. The highest BCUT2D eigenvalue weighted by Crippen LogP contribution is 2.31. The second kappa shape index (κ2) is 5.37. The van der Waals surface area contributed by atoms with Crippen LogP contribution in [0.25, 0.3) is 0 Å². The number of benzene rings is 1. The van der Waals surface area contributed by atoms with E-state index in [-0.39, 0.29) is 5.56 Å². The molecule has 17 heavy (non-hydrogen) atoms. The smallest absolute Gasteiger partial charge is 0.174 e. The second-order valence-electron chi connectivity index (χ2n) is 3.20. The van der Waals surface area contributed by atoms with Crippen LogP contribution in [0.2, 0.25) is 0 Å². The molecule has 6 heteroatoms. The number of hydrogen-bond acceptors (Lipinski definition) is 5. The number of rotatable bonds is 4. The van der Waals surface area contributed by atoms with Crippen molar-refractivity contribution in [2.45, 2.75) is 22.6 Å². The molecule has 1 aromatic heterocycles. The molecule has 0 atom stereocenters. The van der Waals surface area contributed by atoms with Crippen molar-refractivity contribution in [1.29, 1.82) is 0 Å². The Bertz CT molecular complexity index is 542. The van der Waals surface area contributed by atoms with Crippen LogP contribution in [0.5, 0.6) is 0 Å². The fraction of sp³-hybridized carbons (Fsp3) is 0.182. The Hall–Kier alpha value is -1.27. The Morgan fingerprint density at radius 2 is 2.35 bits per heavy atom. The van der Waals surface area contributed by atoms with Gasteiger partial charge in [0.1, 0.15) is 11.6 Å². The Morgan fingerprint density at radius 1 is 1.53 bits per heavy atom. The molecule has 0 aliphatic rings. The number of carbonyl (C=O) groups is 1. The van der Waals surface area contributed by atoms with Gasteiger partial charge in [-0.05, 0) is 23.7 Å². The van der Waals surface area contributed by atoms with Gasteiger partial charge < -0.3 is 0 Å². The third-order valence-corrected chi connectivity index (χ3v) is 3.96.